The third kappa shape index (κ3) is 6.29. The van der Waals surface area contributed by atoms with Crippen LogP contribution in [0.4, 0.5) is 0 Å². The number of carbonyl (C=O) groups is 1. The van der Waals surface area contributed by atoms with Crippen molar-refractivity contribution >= 4 is 11.5 Å². The number of carbonyl (C=O) groups excluding carboxylic acids is 1. The van der Waals surface area contributed by atoms with E-state index in [0.29, 0.717) is 30.1 Å². The van der Waals surface area contributed by atoms with Crippen molar-refractivity contribution in [1.82, 2.24) is 4.68 Å². The van der Waals surface area contributed by atoms with Gasteiger partial charge in [-0.2, -0.15) is 0 Å². The molecule has 178 valence electrons. The molecule has 0 saturated heterocycles. The van der Waals surface area contributed by atoms with Gasteiger partial charge in [-0.25, -0.2) is 4.79 Å². The minimum atomic E-state index is -0.517. The quantitative estimate of drug-likeness (QED) is 0.162. The van der Waals surface area contributed by atoms with E-state index in [1.54, 1.807) is 27.3 Å². The number of benzene rings is 1. The average Bonchev–Trinajstić information content (AvgIpc) is 3.14. The second-order valence-corrected chi connectivity index (χ2v) is 7.24. The van der Waals surface area contributed by atoms with Crippen LogP contribution in [0, 0.1) is 6.92 Å². The molecule has 0 fully saturated rings. The number of methoxy groups -OCH3 is 2. The van der Waals surface area contributed by atoms with E-state index in [2.05, 4.69) is 6.58 Å². The fraction of sp³-hybridized carbons (Fsp3) is 0.346. The van der Waals surface area contributed by atoms with Gasteiger partial charge >= 0.3 is 5.97 Å². The maximum absolute atomic E-state index is 12.8. The molecule has 33 heavy (non-hydrogen) atoms. The zero-order chi connectivity index (χ0) is 24.4. The van der Waals surface area contributed by atoms with Gasteiger partial charge in [-0.1, -0.05) is 31.7 Å². The minimum Gasteiger partial charge on any atom is -0.496 e. The Labute approximate surface area is 196 Å². The summed E-state index contributed by atoms with van der Waals surface area (Å²) in [6.45, 7) is 11.1. The summed E-state index contributed by atoms with van der Waals surface area (Å²) >= 11 is 0. The lowest BCUT2D eigenvalue weighted by atomic mass is 9.94. The normalized spacial score (nSPS) is 11.6. The molecule has 1 aromatic heterocycles. The summed E-state index contributed by atoms with van der Waals surface area (Å²) in [7, 11) is 3.25. The lowest BCUT2D eigenvalue weighted by molar-refractivity contribution is 0.0516. The van der Waals surface area contributed by atoms with E-state index in [9.17, 15) is 4.79 Å². The van der Waals surface area contributed by atoms with Crippen LogP contribution in [0.5, 0.6) is 5.75 Å². The summed E-state index contributed by atoms with van der Waals surface area (Å²) in [6, 6.07) is 5.74. The molecule has 0 unspecified atom stereocenters. The zero-order valence-corrected chi connectivity index (χ0v) is 20.1. The number of rotatable bonds is 12. The smallest absolute Gasteiger partial charge is 0.357 e. The van der Waals surface area contributed by atoms with Crippen LogP contribution in [0.1, 0.15) is 41.9 Å². The molecule has 2 N–H and O–H groups in total. The highest BCUT2D eigenvalue weighted by atomic mass is 16.5. The van der Waals surface area contributed by atoms with Gasteiger partial charge in [0, 0.05) is 24.4 Å². The topological polar surface area (TPSA) is 84.9 Å². The van der Waals surface area contributed by atoms with Crippen LogP contribution >= 0.6 is 0 Å². The average molecular weight is 455 g/mol. The molecular formula is C26H34N2O5. The Morgan fingerprint density at radius 1 is 1.12 bits per heavy atom. The first-order valence-electron chi connectivity index (χ1n) is 10.9. The summed E-state index contributed by atoms with van der Waals surface area (Å²) in [4.78, 5) is 12.8. The van der Waals surface area contributed by atoms with Crippen LogP contribution in [-0.4, -0.2) is 44.7 Å². The van der Waals surface area contributed by atoms with Gasteiger partial charge in [0.25, 0.3) is 0 Å². The Hall–Kier alpha value is -3.45. The highest BCUT2D eigenvalue weighted by Crippen LogP contribution is 2.37. The third-order valence-electron chi connectivity index (χ3n) is 5.03. The van der Waals surface area contributed by atoms with E-state index in [1.807, 2.05) is 50.3 Å². The molecular weight excluding hydrogens is 420 g/mol. The molecule has 2 rings (SSSR count). The number of allylic oxidation sites excluding steroid dienone is 4. The van der Waals surface area contributed by atoms with Crippen LogP contribution in [0.15, 0.2) is 55.0 Å². The standard InChI is InChI=1S/C26H34N2O5/c1-7-10-20(33-16-15-30-5)14-13-18(3)24-22(17-28(27)25(24)26(29)32-8-2)21-11-9-12-23(31-6)19(21)4/h9-14,17H,3,7-8,15-16,27H2,1-2,4-6H3/b14-13-,20-10+. The molecule has 7 nitrogen and oxygen atoms in total. The Bertz CT molecular complexity index is 1030. The van der Waals surface area contributed by atoms with Crippen LogP contribution in [-0.2, 0) is 14.2 Å². The van der Waals surface area contributed by atoms with Crippen molar-refractivity contribution in [3.05, 3.63) is 71.8 Å². The molecule has 7 heteroatoms. The van der Waals surface area contributed by atoms with E-state index < -0.39 is 5.97 Å². The molecule has 1 aromatic carbocycles. The number of nitrogens with two attached hydrogens (primary N) is 1. The first-order valence-corrected chi connectivity index (χ1v) is 10.9. The molecule has 0 bridgehead atoms. The summed E-state index contributed by atoms with van der Waals surface area (Å²) < 4.78 is 22.9. The van der Waals surface area contributed by atoms with Crippen LogP contribution < -0.4 is 10.6 Å². The van der Waals surface area contributed by atoms with Crippen molar-refractivity contribution in [2.75, 3.05) is 39.9 Å². The van der Waals surface area contributed by atoms with Crippen molar-refractivity contribution in [3.63, 3.8) is 0 Å². The molecule has 0 aliphatic carbocycles. The van der Waals surface area contributed by atoms with Gasteiger partial charge in [-0.05, 0) is 55.2 Å². The lowest BCUT2D eigenvalue weighted by Gasteiger charge is -2.13. The van der Waals surface area contributed by atoms with Crippen molar-refractivity contribution in [2.24, 2.45) is 0 Å². The van der Waals surface area contributed by atoms with E-state index in [-0.39, 0.29) is 12.3 Å². The number of ether oxygens (including phenoxy) is 4. The predicted molar refractivity (Wildman–Crippen MR) is 132 cm³/mol. The molecule has 0 saturated carbocycles. The van der Waals surface area contributed by atoms with Crippen LogP contribution in [0.2, 0.25) is 0 Å². The van der Waals surface area contributed by atoms with Crippen LogP contribution in [0.25, 0.3) is 16.7 Å². The third-order valence-corrected chi connectivity index (χ3v) is 5.03. The fourth-order valence-corrected chi connectivity index (χ4v) is 3.47. The second kappa shape index (κ2) is 12.6. The zero-order valence-electron chi connectivity index (χ0n) is 20.1. The summed E-state index contributed by atoms with van der Waals surface area (Å²) in [5, 5.41) is 0. The van der Waals surface area contributed by atoms with Crippen molar-refractivity contribution in [2.45, 2.75) is 27.2 Å². The van der Waals surface area contributed by atoms with Crippen molar-refractivity contribution in [1.29, 1.82) is 0 Å². The van der Waals surface area contributed by atoms with Crippen molar-refractivity contribution in [3.8, 4) is 16.9 Å². The summed E-state index contributed by atoms with van der Waals surface area (Å²) in [5.41, 5.74) is 3.98. The fourth-order valence-electron chi connectivity index (χ4n) is 3.47. The lowest BCUT2D eigenvalue weighted by Crippen LogP contribution is -2.18. The number of esters is 1. The summed E-state index contributed by atoms with van der Waals surface area (Å²) in [6.07, 6.45) is 8.12. The first kappa shape index (κ1) is 25.8. The van der Waals surface area contributed by atoms with Gasteiger partial charge < -0.3 is 24.8 Å². The van der Waals surface area contributed by atoms with Gasteiger partial charge in [0.2, 0.25) is 0 Å². The molecule has 0 atom stereocenters. The minimum absolute atomic E-state index is 0.227. The second-order valence-electron chi connectivity index (χ2n) is 7.24. The van der Waals surface area contributed by atoms with E-state index in [1.165, 1.54) is 4.68 Å². The Kier molecular flexibility index (Phi) is 9.82. The van der Waals surface area contributed by atoms with Gasteiger partial charge in [-0.3, -0.25) is 4.68 Å². The number of nitrogens with zero attached hydrogens (tertiary/aromatic N) is 1. The van der Waals surface area contributed by atoms with Crippen LogP contribution in [0.3, 0.4) is 0 Å². The predicted octanol–water partition coefficient (Wildman–Crippen LogP) is 4.89. The Balaban J connectivity index is 2.58. The molecule has 0 spiro atoms. The molecule has 2 aromatic rings. The molecule has 0 amide bonds. The van der Waals surface area contributed by atoms with E-state index >= 15 is 0 Å². The number of nitrogen functional groups attached to an aromatic ring is 1. The van der Waals surface area contributed by atoms with Gasteiger partial charge in [-0.15, -0.1) is 0 Å². The molecule has 1 heterocycles. The number of hydrogen-bond acceptors (Lipinski definition) is 6. The number of aromatic nitrogens is 1. The van der Waals surface area contributed by atoms with Gasteiger partial charge in [0.1, 0.15) is 18.1 Å². The van der Waals surface area contributed by atoms with Crippen molar-refractivity contribution < 1.29 is 23.7 Å². The van der Waals surface area contributed by atoms with Gasteiger partial charge in [0.05, 0.1) is 20.3 Å². The largest absolute Gasteiger partial charge is 0.496 e. The highest BCUT2D eigenvalue weighted by Gasteiger charge is 2.25. The summed E-state index contributed by atoms with van der Waals surface area (Å²) in [5.74, 6) is 7.14. The molecule has 0 aliphatic heterocycles. The molecule has 0 radical (unpaired) electrons. The highest BCUT2D eigenvalue weighted by molar-refractivity contribution is 6.00. The number of hydrogen-bond donors (Lipinski definition) is 1. The maximum Gasteiger partial charge on any atom is 0.357 e. The SMILES string of the molecule is C=C(/C=C\C(=C/CC)OCCOC)c1c(-c2cccc(OC)c2C)cn(N)c1C(=O)OCC. The Morgan fingerprint density at radius 2 is 1.88 bits per heavy atom. The van der Waals surface area contributed by atoms with Gasteiger partial charge in [0.15, 0.2) is 5.69 Å². The first-order chi connectivity index (χ1) is 15.9. The van der Waals surface area contributed by atoms with E-state index in [0.717, 1.165) is 28.9 Å². The van der Waals surface area contributed by atoms with E-state index in [4.69, 9.17) is 24.8 Å². The molecule has 0 aliphatic rings. The monoisotopic (exact) mass is 454 g/mol. The maximum atomic E-state index is 12.8. The Morgan fingerprint density at radius 3 is 2.52 bits per heavy atom.